The maximum Gasteiger partial charge on any atom is 0.333 e. The molecule has 1 atom stereocenters. The van der Waals surface area contributed by atoms with Crippen molar-refractivity contribution >= 4 is 17.7 Å². The van der Waals surface area contributed by atoms with Gasteiger partial charge < -0.3 is 10.1 Å². The van der Waals surface area contributed by atoms with Crippen LogP contribution in [0.2, 0.25) is 0 Å². The van der Waals surface area contributed by atoms with E-state index in [1.807, 2.05) is 17.8 Å². The van der Waals surface area contributed by atoms with Gasteiger partial charge >= 0.3 is 5.97 Å². The van der Waals surface area contributed by atoms with Crippen LogP contribution in [0.3, 0.4) is 0 Å². The normalized spacial score (nSPS) is 22.5. The molecule has 0 saturated carbocycles. The van der Waals surface area contributed by atoms with Crippen LogP contribution in [-0.2, 0) is 9.53 Å². The summed E-state index contributed by atoms with van der Waals surface area (Å²) in [4.78, 5) is 11.1. The molecule has 0 aromatic heterocycles. The number of esters is 1. The molecule has 15 heavy (non-hydrogen) atoms. The molecule has 1 saturated heterocycles. The van der Waals surface area contributed by atoms with E-state index in [2.05, 4.69) is 10.1 Å². The van der Waals surface area contributed by atoms with Gasteiger partial charge in [-0.15, -0.1) is 0 Å². The quantitative estimate of drug-likeness (QED) is 0.587. The van der Waals surface area contributed by atoms with Gasteiger partial charge in [0.2, 0.25) is 0 Å². The molecule has 1 fully saturated rings. The predicted octanol–water partition coefficient (Wildman–Crippen LogP) is 1.59. The van der Waals surface area contributed by atoms with Crippen LogP contribution in [0, 0.1) is 0 Å². The zero-order valence-electron chi connectivity index (χ0n) is 9.41. The second kappa shape index (κ2) is 6.90. The zero-order chi connectivity index (χ0) is 11.1. The number of rotatable bonds is 4. The van der Waals surface area contributed by atoms with Gasteiger partial charge in [0.15, 0.2) is 0 Å². The SMILES string of the molecule is COC(=O)C(C)=CCNC1CCCSC1. The highest BCUT2D eigenvalue weighted by Crippen LogP contribution is 2.16. The zero-order valence-corrected chi connectivity index (χ0v) is 10.2. The van der Waals surface area contributed by atoms with E-state index in [-0.39, 0.29) is 5.97 Å². The lowest BCUT2D eigenvalue weighted by molar-refractivity contribution is -0.136. The smallest absolute Gasteiger partial charge is 0.333 e. The largest absolute Gasteiger partial charge is 0.466 e. The summed E-state index contributed by atoms with van der Waals surface area (Å²) in [6.45, 7) is 2.54. The van der Waals surface area contributed by atoms with Gasteiger partial charge in [0.25, 0.3) is 0 Å². The van der Waals surface area contributed by atoms with Gasteiger partial charge in [-0.05, 0) is 25.5 Å². The molecule has 1 aliphatic rings. The summed E-state index contributed by atoms with van der Waals surface area (Å²) in [5, 5.41) is 3.43. The highest BCUT2D eigenvalue weighted by atomic mass is 32.2. The van der Waals surface area contributed by atoms with Crippen molar-refractivity contribution in [1.82, 2.24) is 5.32 Å². The first-order valence-electron chi connectivity index (χ1n) is 5.30. The van der Waals surface area contributed by atoms with Gasteiger partial charge in [-0.25, -0.2) is 4.79 Å². The fourth-order valence-corrected chi connectivity index (χ4v) is 2.63. The standard InChI is InChI=1S/C11H19NO2S/c1-9(11(13)14-2)5-6-12-10-4-3-7-15-8-10/h5,10,12H,3-4,6-8H2,1-2H3. The molecule has 0 aliphatic carbocycles. The molecule has 4 heteroatoms. The molecule has 0 amide bonds. The van der Waals surface area contributed by atoms with Gasteiger partial charge in [0, 0.05) is 23.9 Å². The third kappa shape index (κ3) is 4.71. The van der Waals surface area contributed by atoms with E-state index in [9.17, 15) is 4.79 Å². The summed E-state index contributed by atoms with van der Waals surface area (Å²) in [6, 6.07) is 0.602. The third-order valence-electron chi connectivity index (χ3n) is 2.48. The van der Waals surface area contributed by atoms with Gasteiger partial charge in [0.1, 0.15) is 0 Å². The van der Waals surface area contributed by atoms with Crippen LogP contribution in [0.5, 0.6) is 0 Å². The lowest BCUT2D eigenvalue weighted by atomic mass is 10.2. The summed E-state index contributed by atoms with van der Waals surface area (Å²) in [6.07, 6.45) is 4.44. The summed E-state index contributed by atoms with van der Waals surface area (Å²) >= 11 is 2.00. The predicted molar refractivity (Wildman–Crippen MR) is 64.1 cm³/mol. The van der Waals surface area contributed by atoms with Crippen molar-refractivity contribution in [1.29, 1.82) is 0 Å². The number of carbonyl (C=O) groups is 1. The topological polar surface area (TPSA) is 38.3 Å². The highest BCUT2D eigenvalue weighted by molar-refractivity contribution is 7.99. The van der Waals surface area contributed by atoms with Crippen LogP contribution < -0.4 is 5.32 Å². The summed E-state index contributed by atoms with van der Waals surface area (Å²) in [7, 11) is 1.41. The minimum absolute atomic E-state index is 0.241. The van der Waals surface area contributed by atoms with Crippen LogP contribution in [0.15, 0.2) is 11.6 Å². The Bertz CT molecular complexity index is 235. The van der Waals surface area contributed by atoms with Crippen molar-refractivity contribution < 1.29 is 9.53 Å². The highest BCUT2D eigenvalue weighted by Gasteiger charge is 2.12. The van der Waals surface area contributed by atoms with E-state index in [0.717, 1.165) is 6.54 Å². The third-order valence-corrected chi connectivity index (χ3v) is 3.70. The molecule has 1 unspecified atom stereocenters. The molecule has 0 bridgehead atoms. The molecule has 1 N–H and O–H groups in total. The second-order valence-electron chi connectivity index (χ2n) is 3.70. The van der Waals surface area contributed by atoms with E-state index < -0.39 is 0 Å². The van der Waals surface area contributed by atoms with Crippen molar-refractivity contribution in [3.05, 3.63) is 11.6 Å². The Hall–Kier alpha value is -0.480. The van der Waals surface area contributed by atoms with Crippen molar-refractivity contribution in [2.75, 3.05) is 25.2 Å². The summed E-state index contributed by atoms with van der Waals surface area (Å²) < 4.78 is 4.62. The first-order valence-corrected chi connectivity index (χ1v) is 6.45. The second-order valence-corrected chi connectivity index (χ2v) is 4.85. The Balaban J connectivity index is 2.21. The number of ether oxygens (including phenoxy) is 1. The van der Waals surface area contributed by atoms with Crippen molar-refractivity contribution in [2.24, 2.45) is 0 Å². The average Bonchev–Trinajstić information content (AvgIpc) is 2.29. The van der Waals surface area contributed by atoms with Crippen LogP contribution in [0.4, 0.5) is 0 Å². The molecule has 1 aliphatic heterocycles. The first kappa shape index (κ1) is 12.6. The van der Waals surface area contributed by atoms with Gasteiger partial charge in [-0.3, -0.25) is 0 Å². The summed E-state index contributed by atoms with van der Waals surface area (Å²) in [5.74, 6) is 2.23. The Morgan fingerprint density at radius 2 is 2.47 bits per heavy atom. The molecular formula is C11H19NO2S. The maximum atomic E-state index is 11.1. The minimum Gasteiger partial charge on any atom is -0.466 e. The molecule has 0 aromatic rings. The molecule has 1 heterocycles. The van der Waals surface area contributed by atoms with Crippen LogP contribution in [-0.4, -0.2) is 37.2 Å². The van der Waals surface area contributed by atoms with E-state index in [1.165, 1.54) is 31.5 Å². The molecule has 0 radical (unpaired) electrons. The first-order chi connectivity index (χ1) is 7.24. The van der Waals surface area contributed by atoms with Crippen LogP contribution in [0.25, 0.3) is 0 Å². The average molecular weight is 229 g/mol. The van der Waals surface area contributed by atoms with Crippen molar-refractivity contribution in [2.45, 2.75) is 25.8 Å². The molecular weight excluding hydrogens is 210 g/mol. The van der Waals surface area contributed by atoms with E-state index in [0.29, 0.717) is 11.6 Å². The number of nitrogens with one attached hydrogen (secondary N) is 1. The van der Waals surface area contributed by atoms with Crippen LogP contribution in [0.1, 0.15) is 19.8 Å². The van der Waals surface area contributed by atoms with Crippen LogP contribution >= 0.6 is 11.8 Å². The molecule has 3 nitrogen and oxygen atoms in total. The van der Waals surface area contributed by atoms with E-state index in [1.54, 1.807) is 6.92 Å². The Kier molecular flexibility index (Phi) is 5.79. The maximum absolute atomic E-state index is 11.1. The van der Waals surface area contributed by atoms with Gasteiger partial charge in [-0.1, -0.05) is 6.08 Å². The fraction of sp³-hybridized carbons (Fsp3) is 0.727. The fourth-order valence-electron chi connectivity index (χ4n) is 1.52. The number of hydrogen-bond donors (Lipinski definition) is 1. The molecule has 86 valence electrons. The molecule has 0 spiro atoms. The Morgan fingerprint density at radius 1 is 1.67 bits per heavy atom. The monoisotopic (exact) mass is 229 g/mol. The van der Waals surface area contributed by atoms with E-state index in [4.69, 9.17) is 0 Å². The lowest BCUT2D eigenvalue weighted by Crippen LogP contribution is -2.33. The Morgan fingerprint density at radius 3 is 3.07 bits per heavy atom. The molecule has 1 rings (SSSR count). The Labute approximate surface area is 95.6 Å². The lowest BCUT2D eigenvalue weighted by Gasteiger charge is -2.21. The number of thioether (sulfide) groups is 1. The van der Waals surface area contributed by atoms with E-state index >= 15 is 0 Å². The van der Waals surface area contributed by atoms with Gasteiger partial charge in [0.05, 0.1) is 7.11 Å². The van der Waals surface area contributed by atoms with Crippen molar-refractivity contribution in [3.63, 3.8) is 0 Å². The minimum atomic E-state index is -0.241. The van der Waals surface area contributed by atoms with Gasteiger partial charge in [-0.2, -0.15) is 11.8 Å². The summed E-state index contributed by atoms with van der Waals surface area (Å²) in [5.41, 5.74) is 0.675. The number of carbonyl (C=O) groups excluding carboxylic acids is 1. The number of methoxy groups -OCH3 is 1. The number of hydrogen-bond acceptors (Lipinski definition) is 4. The van der Waals surface area contributed by atoms with Crippen molar-refractivity contribution in [3.8, 4) is 0 Å². The molecule has 0 aromatic carbocycles.